The Bertz CT molecular complexity index is 545. The van der Waals surface area contributed by atoms with E-state index in [4.69, 9.17) is 5.73 Å². The molecular weight excluding hydrogens is 226 g/mol. The predicted molar refractivity (Wildman–Crippen MR) is 71.2 cm³/mol. The van der Waals surface area contributed by atoms with Crippen molar-refractivity contribution in [1.82, 2.24) is 9.55 Å². The molecule has 94 valence electrons. The zero-order chi connectivity index (χ0) is 13.0. The molecule has 0 radical (unpaired) electrons. The van der Waals surface area contributed by atoms with E-state index in [1.165, 1.54) is 0 Å². The fourth-order valence-electron chi connectivity index (χ4n) is 1.96. The average Bonchev–Trinajstić information content (AvgIpc) is 2.76. The van der Waals surface area contributed by atoms with E-state index in [9.17, 15) is 4.79 Å². The van der Waals surface area contributed by atoms with Gasteiger partial charge in [0.25, 0.3) is 0 Å². The fraction of sp³-hybridized carbons (Fsp3) is 0.286. The quantitative estimate of drug-likeness (QED) is 0.815. The van der Waals surface area contributed by atoms with Gasteiger partial charge >= 0.3 is 0 Å². The number of nitrogens with two attached hydrogens (primary N) is 1. The molecule has 0 amide bonds. The maximum Gasteiger partial charge on any atom is 0.144 e. The van der Waals surface area contributed by atoms with Gasteiger partial charge in [-0.3, -0.25) is 4.79 Å². The number of ketones is 1. The molecule has 4 heteroatoms. The number of aromatic nitrogens is 2. The number of hydrogen-bond acceptors (Lipinski definition) is 3. The monoisotopic (exact) mass is 243 g/mol. The molecule has 2 aromatic rings. The van der Waals surface area contributed by atoms with Crippen LogP contribution in [-0.4, -0.2) is 15.3 Å². The van der Waals surface area contributed by atoms with E-state index in [0.29, 0.717) is 18.5 Å². The van der Waals surface area contributed by atoms with Crippen molar-refractivity contribution in [3.05, 3.63) is 48.0 Å². The van der Waals surface area contributed by atoms with Gasteiger partial charge in [0.1, 0.15) is 11.6 Å². The van der Waals surface area contributed by atoms with Crippen molar-refractivity contribution < 1.29 is 4.79 Å². The van der Waals surface area contributed by atoms with Gasteiger partial charge in [0, 0.05) is 31.0 Å². The average molecular weight is 243 g/mol. The zero-order valence-corrected chi connectivity index (χ0v) is 10.5. The molecule has 0 unspecified atom stereocenters. The third kappa shape index (κ3) is 2.97. The molecule has 18 heavy (non-hydrogen) atoms. The van der Waals surface area contributed by atoms with E-state index in [1.54, 1.807) is 6.20 Å². The van der Waals surface area contributed by atoms with E-state index in [0.717, 1.165) is 17.9 Å². The molecule has 0 spiro atoms. The lowest BCUT2D eigenvalue weighted by molar-refractivity contribution is -0.117. The number of aryl methyl sites for hydroxylation is 1. The number of benzene rings is 1. The Morgan fingerprint density at radius 3 is 2.94 bits per heavy atom. The number of anilines is 1. The molecule has 0 saturated heterocycles. The molecule has 0 aliphatic rings. The minimum atomic E-state index is 0.154. The highest BCUT2D eigenvalue weighted by atomic mass is 16.1. The second-order valence-electron chi connectivity index (χ2n) is 4.27. The van der Waals surface area contributed by atoms with Gasteiger partial charge < -0.3 is 10.3 Å². The molecule has 0 atom stereocenters. The SMILES string of the molecule is CCn1ccnc1CC(=O)Cc1cccc(N)c1. The van der Waals surface area contributed by atoms with E-state index < -0.39 is 0 Å². The molecule has 1 aromatic carbocycles. The molecule has 0 saturated carbocycles. The van der Waals surface area contributed by atoms with Crippen molar-refractivity contribution >= 4 is 11.5 Å². The Morgan fingerprint density at radius 1 is 1.39 bits per heavy atom. The maximum absolute atomic E-state index is 12.0. The smallest absolute Gasteiger partial charge is 0.144 e. The highest BCUT2D eigenvalue weighted by molar-refractivity contribution is 5.82. The van der Waals surface area contributed by atoms with Gasteiger partial charge in [-0.05, 0) is 24.6 Å². The number of nitrogens with zero attached hydrogens (tertiary/aromatic N) is 2. The first-order valence-electron chi connectivity index (χ1n) is 6.05. The van der Waals surface area contributed by atoms with E-state index >= 15 is 0 Å². The van der Waals surface area contributed by atoms with Gasteiger partial charge in [-0.15, -0.1) is 0 Å². The summed E-state index contributed by atoms with van der Waals surface area (Å²) in [6, 6.07) is 7.44. The second-order valence-corrected chi connectivity index (χ2v) is 4.27. The van der Waals surface area contributed by atoms with Gasteiger partial charge in [0.05, 0.1) is 6.42 Å². The van der Waals surface area contributed by atoms with Crippen LogP contribution in [0.5, 0.6) is 0 Å². The molecule has 4 nitrogen and oxygen atoms in total. The van der Waals surface area contributed by atoms with Crippen molar-refractivity contribution in [3.63, 3.8) is 0 Å². The van der Waals surface area contributed by atoms with Crippen LogP contribution in [0, 0.1) is 0 Å². The molecule has 2 rings (SSSR count). The van der Waals surface area contributed by atoms with Crippen LogP contribution >= 0.6 is 0 Å². The largest absolute Gasteiger partial charge is 0.399 e. The van der Waals surface area contributed by atoms with Gasteiger partial charge in [0.2, 0.25) is 0 Å². The van der Waals surface area contributed by atoms with Crippen LogP contribution in [0.1, 0.15) is 18.3 Å². The lowest BCUT2D eigenvalue weighted by atomic mass is 10.1. The Morgan fingerprint density at radius 2 is 2.22 bits per heavy atom. The number of carbonyl (C=O) groups is 1. The summed E-state index contributed by atoms with van der Waals surface area (Å²) in [6.07, 6.45) is 4.40. The standard InChI is InChI=1S/C14H17N3O/c1-2-17-7-6-16-14(17)10-13(18)9-11-4-3-5-12(15)8-11/h3-8H,2,9-10,15H2,1H3. The lowest BCUT2D eigenvalue weighted by Crippen LogP contribution is -2.11. The molecule has 0 fully saturated rings. The minimum Gasteiger partial charge on any atom is -0.399 e. The van der Waals surface area contributed by atoms with Crippen molar-refractivity contribution in [2.45, 2.75) is 26.3 Å². The Labute approximate surface area is 106 Å². The first-order valence-corrected chi connectivity index (χ1v) is 6.05. The van der Waals surface area contributed by atoms with Gasteiger partial charge in [0.15, 0.2) is 0 Å². The number of carbonyl (C=O) groups excluding carboxylic acids is 1. The summed E-state index contributed by atoms with van der Waals surface area (Å²) >= 11 is 0. The van der Waals surface area contributed by atoms with Crippen molar-refractivity contribution in [3.8, 4) is 0 Å². The first-order chi connectivity index (χ1) is 8.69. The van der Waals surface area contributed by atoms with E-state index in [-0.39, 0.29) is 5.78 Å². The number of rotatable bonds is 5. The predicted octanol–water partition coefficient (Wildman–Crippen LogP) is 1.84. The van der Waals surface area contributed by atoms with Gasteiger partial charge in [-0.2, -0.15) is 0 Å². The molecule has 2 N–H and O–H groups in total. The zero-order valence-electron chi connectivity index (χ0n) is 10.5. The van der Waals surface area contributed by atoms with Gasteiger partial charge in [-0.25, -0.2) is 4.98 Å². The van der Waals surface area contributed by atoms with Crippen LogP contribution in [0.4, 0.5) is 5.69 Å². The van der Waals surface area contributed by atoms with Crippen molar-refractivity contribution in [1.29, 1.82) is 0 Å². The van der Waals surface area contributed by atoms with Crippen LogP contribution in [0.3, 0.4) is 0 Å². The Balaban J connectivity index is 2.01. The summed E-state index contributed by atoms with van der Waals surface area (Å²) in [4.78, 5) is 16.2. The number of Topliss-reactive ketones (excluding diaryl/α,β-unsaturated/α-hetero) is 1. The van der Waals surface area contributed by atoms with Crippen molar-refractivity contribution in [2.24, 2.45) is 0 Å². The molecule has 0 aliphatic heterocycles. The first kappa shape index (κ1) is 12.4. The summed E-state index contributed by atoms with van der Waals surface area (Å²) in [5.74, 6) is 0.980. The Kier molecular flexibility index (Phi) is 3.77. The number of nitrogen functional groups attached to an aromatic ring is 1. The summed E-state index contributed by atoms with van der Waals surface area (Å²) in [5, 5.41) is 0. The maximum atomic E-state index is 12.0. The summed E-state index contributed by atoms with van der Waals surface area (Å²) < 4.78 is 1.98. The minimum absolute atomic E-state index is 0.154. The van der Waals surface area contributed by atoms with Crippen LogP contribution in [0.15, 0.2) is 36.7 Å². The van der Waals surface area contributed by atoms with E-state index in [2.05, 4.69) is 4.98 Å². The third-order valence-electron chi connectivity index (χ3n) is 2.85. The summed E-state index contributed by atoms with van der Waals surface area (Å²) in [6.45, 7) is 2.87. The topological polar surface area (TPSA) is 60.9 Å². The highest BCUT2D eigenvalue weighted by Crippen LogP contribution is 2.09. The van der Waals surface area contributed by atoms with Crippen LogP contribution < -0.4 is 5.73 Å². The van der Waals surface area contributed by atoms with Gasteiger partial charge in [-0.1, -0.05) is 12.1 Å². The summed E-state index contributed by atoms with van der Waals surface area (Å²) in [5.41, 5.74) is 7.33. The van der Waals surface area contributed by atoms with Crippen LogP contribution in [-0.2, 0) is 24.2 Å². The summed E-state index contributed by atoms with van der Waals surface area (Å²) in [7, 11) is 0. The molecule has 1 aromatic heterocycles. The van der Waals surface area contributed by atoms with Crippen LogP contribution in [0.25, 0.3) is 0 Å². The van der Waals surface area contributed by atoms with Crippen LogP contribution in [0.2, 0.25) is 0 Å². The highest BCUT2D eigenvalue weighted by Gasteiger charge is 2.09. The fourth-order valence-corrected chi connectivity index (χ4v) is 1.96. The normalized spacial score (nSPS) is 10.5. The number of imidazole rings is 1. The lowest BCUT2D eigenvalue weighted by Gasteiger charge is -2.05. The number of hydrogen-bond donors (Lipinski definition) is 1. The second kappa shape index (κ2) is 5.49. The molecular formula is C14H17N3O. The molecule has 1 heterocycles. The third-order valence-corrected chi connectivity index (χ3v) is 2.85. The van der Waals surface area contributed by atoms with Crippen molar-refractivity contribution in [2.75, 3.05) is 5.73 Å². The molecule has 0 aliphatic carbocycles. The molecule has 0 bridgehead atoms. The Hall–Kier alpha value is -2.10. The van der Waals surface area contributed by atoms with E-state index in [1.807, 2.05) is 42.0 Å².